The second-order valence-corrected chi connectivity index (χ2v) is 5.34. The molecule has 0 aliphatic carbocycles. The van der Waals surface area contributed by atoms with Gasteiger partial charge >= 0.3 is 5.97 Å². The molecule has 0 spiro atoms. The summed E-state index contributed by atoms with van der Waals surface area (Å²) in [5.74, 6) is -1.38. The van der Waals surface area contributed by atoms with E-state index >= 15 is 0 Å². The predicted octanol–water partition coefficient (Wildman–Crippen LogP) is 2.75. The molecule has 4 nitrogen and oxygen atoms in total. The van der Waals surface area contributed by atoms with Crippen LogP contribution in [0.2, 0.25) is 0 Å². The molecular formula is C17H25NO3. The smallest absolute Gasteiger partial charge is 0.308 e. The van der Waals surface area contributed by atoms with Gasteiger partial charge in [-0.05, 0) is 30.9 Å². The number of hydrogen-bond acceptors (Lipinski definition) is 2. The van der Waals surface area contributed by atoms with Crippen LogP contribution in [-0.2, 0) is 22.4 Å². The van der Waals surface area contributed by atoms with Crippen LogP contribution in [0.15, 0.2) is 24.3 Å². The Balaban J connectivity index is 2.51. The summed E-state index contributed by atoms with van der Waals surface area (Å²) in [5.41, 5.74) is 2.43. The largest absolute Gasteiger partial charge is 0.481 e. The van der Waals surface area contributed by atoms with Gasteiger partial charge in [0.05, 0.1) is 5.92 Å². The van der Waals surface area contributed by atoms with Gasteiger partial charge in [-0.15, -0.1) is 0 Å². The highest BCUT2D eigenvalue weighted by atomic mass is 16.4. The van der Waals surface area contributed by atoms with E-state index in [1.54, 1.807) is 11.8 Å². The van der Waals surface area contributed by atoms with Crippen LogP contribution in [0.3, 0.4) is 0 Å². The van der Waals surface area contributed by atoms with Crippen LogP contribution >= 0.6 is 0 Å². The fourth-order valence-corrected chi connectivity index (χ4v) is 2.17. The third kappa shape index (κ3) is 5.58. The van der Waals surface area contributed by atoms with Gasteiger partial charge in [0.25, 0.3) is 0 Å². The number of benzene rings is 1. The number of hydrogen-bond donors (Lipinski definition) is 1. The van der Waals surface area contributed by atoms with E-state index in [0.29, 0.717) is 19.4 Å². The summed E-state index contributed by atoms with van der Waals surface area (Å²) in [6, 6.07) is 8.29. The van der Waals surface area contributed by atoms with Gasteiger partial charge in [0, 0.05) is 19.5 Å². The molecule has 0 saturated heterocycles. The number of carboxylic acids is 1. The van der Waals surface area contributed by atoms with Gasteiger partial charge in [-0.2, -0.15) is 0 Å². The maximum absolute atomic E-state index is 12.2. The van der Waals surface area contributed by atoms with E-state index < -0.39 is 11.9 Å². The van der Waals surface area contributed by atoms with Gasteiger partial charge in [-0.3, -0.25) is 9.59 Å². The first-order valence-corrected chi connectivity index (χ1v) is 7.56. The molecule has 1 aromatic carbocycles. The lowest BCUT2D eigenvalue weighted by Crippen LogP contribution is -2.36. The Kier molecular flexibility index (Phi) is 6.92. The van der Waals surface area contributed by atoms with Crippen molar-refractivity contribution in [2.75, 3.05) is 13.1 Å². The van der Waals surface area contributed by atoms with Crippen LogP contribution in [0.4, 0.5) is 0 Å². The number of carbonyl (C=O) groups excluding carboxylic acids is 1. The molecule has 0 bridgehead atoms. The molecule has 1 N–H and O–H groups in total. The van der Waals surface area contributed by atoms with Crippen LogP contribution in [0, 0.1) is 5.92 Å². The zero-order chi connectivity index (χ0) is 15.8. The van der Waals surface area contributed by atoms with E-state index in [1.807, 2.05) is 6.92 Å². The number of aryl methyl sites for hydroxylation is 2. The summed E-state index contributed by atoms with van der Waals surface area (Å²) in [6.45, 7) is 6.44. The Morgan fingerprint density at radius 1 is 1.14 bits per heavy atom. The molecule has 0 radical (unpaired) electrons. The molecule has 1 amide bonds. The van der Waals surface area contributed by atoms with Crippen molar-refractivity contribution in [2.24, 2.45) is 5.92 Å². The van der Waals surface area contributed by atoms with Crippen molar-refractivity contribution < 1.29 is 14.7 Å². The van der Waals surface area contributed by atoms with Crippen LogP contribution in [-0.4, -0.2) is 35.0 Å². The minimum atomic E-state index is -0.864. The second-order valence-electron chi connectivity index (χ2n) is 5.34. The average Bonchev–Trinajstić information content (AvgIpc) is 2.50. The van der Waals surface area contributed by atoms with Crippen molar-refractivity contribution in [2.45, 2.75) is 40.0 Å². The number of rotatable bonds is 8. The molecular weight excluding hydrogens is 266 g/mol. The van der Waals surface area contributed by atoms with Gasteiger partial charge in [0.2, 0.25) is 5.91 Å². The molecule has 0 saturated carbocycles. The number of carboxylic acid groups (broad SMARTS) is 1. The van der Waals surface area contributed by atoms with E-state index in [1.165, 1.54) is 5.56 Å². The van der Waals surface area contributed by atoms with Crippen molar-refractivity contribution in [3.63, 3.8) is 0 Å². The Labute approximate surface area is 126 Å². The lowest BCUT2D eigenvalue weighted by Gasteiger charge is -2.23. The molecule has 0 aliphatic heterocycles. The Bertz CT molecular complexity index is 467. The van der Waals surface area contributed by atoms with Crippen molar-refractivity contribution in [3.05, 3.63) is 35.4 Å². The summed E-state index contributed by atoms with van der Waals surface area (Å²) in [4.78, 5) is 24.7. The standard InChI is InChI=1S/C17H25NO3/c1-4-14-6-8-15(9-7-14)10-11-16(19)18(5-2)12-13(3)17(20)21/h6-9,13H,4-5,10-12H2,1-3H3,(H,20,21). The van der Waals surface area contributed by atoms with Crippen molar-refractivity contribution in [3.8, 4) is 0 Å². The third-order valence-corrected chi connectivity index (χ3v) is 3.71. The molecule has 21 heavy (non-hydrogen) atoms. The second kappa shape index (κ2) is 8.45. The van der Waals surface area contributed by atoms with E-state index in [-0.39, 0.29) is 12.5 Å². The first-order chi connectivity index (χ1) is 9.97. The van der Waals surface area contributed by atoms with Crippen molar-refractivity contribution in [1.82, 2.24) is 4.90 Å². The van der Waals surface area contributed by atoms with Gasteiger partial charge < -0.3 is 10.0 Å². The van der Waals surface area contributed by atoms with Crippen LogP contribution in [0.5, 0.6) is 0 Å². The quantitative estimate of drug-likeness (QED) is 0.801. The molecule has 1 rings (SSSR count). The van der Waals surface area contributed by atoms with Crippen molar-refractivity contribution in [1.29, 1.82) is 0 Å². The average molecular weight is 291 g/mol. The highest BCUT2D eigenvalue weighted by Gasteiger charge is 2.18. The number of amides is 1. The monoisotopic (exact) mass is 291 g/mol. The number of nitrogens with zero attached hydrogens (tertiary/aromatic N) is 1. The summed E-state index contributed by atoms with van der Waals surface area (Å²) in [7, 11) is 0. The molecule has 4 heteroatoms. The van der Waals surface area contributed by atoms with Crippen LogP contribution < -0.4 is 0 Å². The molecule has 0 fully saturated rings. The van der Waals surface area contributed by atoms with E-state index in [9.17, 15) is 9.59 Å². The van der Waals surface area contributed by atoms with E-state index in [2.05, 4.69) is 31.2 Å². The highest BCUT2D eigenvalue weighted by Crippen LogP contribution is 2.09. The highest BCUT2D eigenvalue weighted by molar-refractivity contribution is 5.77. The zero-order valence-corrected chi connectivity index (χ0v) is 13.1. The van der Waals surface area contributed by atoms with E-state index in [4.69, 9.17) is 5.11 Å². The summed E-state index contributed by atoms with van der Waals surface area (Å²) in [5, 5.41) is 8.93. The molecule has 0 heterocycles. The Hall–Kier alpha value is -1.84. The Morgan fingerprint density at radius 2 is 1.71 bits per heavy atom. The molecule has 1 unspecified atom stereocenters. The SMILES string of the molecule is CCc1ccc(CCC(=O)N(CC)CC(C)C(=O)O)cc1. The third-order valence-electron chi connectivity index (χ3n) is 3.71. The fourth-order valence-electron chi connectivity index (χ4n) is 2.17. The predicted molar refractivity (Wildman–Crippen MR) is 83.2 cm³/mol. The number of carbonyl (C=O) groups is 2. The molecule has 0 aromatic heterocycles. The van der Waals surface area contributed by atoms with Crippen molar-refractivity contribution >= 4 is 11.9 Å². The van der Waals surface area contributed by atoms with Gasteiger partial charge in [0.1, 0.15) is 0 Å². The topological polar surface area (TPSA) is 57.6 Å². The normalized spacial score (nSPS) is 12.0. The lowest BCUT2D eigenvalue weighted by molar-refractivity contribution is -0.143. The minimum absolute atomic E-state index is 0.0187. The van der Waals surface area contributed by atoms with Gasteiger partial charge in [0.15, 0.2) is 0 Å². The first-order valence-electron chi connectivity index (χ1n) is 7.56. The lowest BCUT2D eigenvalue weighted by atomic mass is 10.1. The Morgan fingerprint density at radius 3 is 2.19 bits per heavy atom. The van der Waals surface area contributed by atoms with Crippen LogP contribution in [0.25, 0.3) is 0 Å². The molecule has 1 atom stereocenters. The maximum atomic E-state index is 12.2. The first kappa shape index (κ1) is 17.2. The molecule has 0 aliphatic rings. The van der Waals surface area contributed by atoms with Gasteiger partial charge in [-0.25, -0.2) is 0 Å². The molecule has 1 aromatic rings. The minimum Gasteiger partial charge on any atom is -0.481 e. The summed E-state index contributed by atoms with van der Waals surface area (Å²) < 4.78 is 0. The molecule has 116 valence electrons. The zero-order valence-electron chi connectivity index (χ0n) is 13.1. The summed E-state index contributed by atoms with van der Waals surface area (Å²) >= 11 is 0. The van der Waals surface area contributed by atoms with E-state index in [0.717, 1.165) is 12.0 Å². The van der Waals surface area contributed by atoms with Crippen LogP contribution in [0.1, 0.15) is 38.3 Å². The summed E-state index contributed by atoms with van der Waals surface area (Å²) in [6.07, 6.45) is 2.13. The fraction of sp³-hybridized carbons (Fsp3) is 0.529. The maximum Gasteiger partial charge on any atom is 0.308 e. The number of aliphatic carboxylic acids is 1. The van der Waals surface area contributed by atoms with Gasteiger partial charge in [-0.1, -0.05) is 38.1 Å².